The lowest BCUT2D eigenvalue weighted by Crippen LogP contribution is -2.75. The van der Waals surface area contributed by atoms with E-state index < -0.39 is 22.7 Å². The summed E-state index contributed by atoms with van der Waals surface area (Å²) >= 11 is 1.68. The molecule has 2 saturated heterocycles. The largest absolute Gasteiger partial charge is 0.517 e. The number of amides is 1. The second-order valence-electron chi connectivity index (χ2n) is 9.51. The number of fused-ring (bicyclic) bond motifs is 1. The summed E-state index contributed by atoms with van der Waals surface area (Å²) in [6.07, 6.45) is 15.1. The van der Waals surface area contributed by atoms with Crippen LogP contribution in [0.2, 0.25) is 30.2 Å². The number of carbonyl (C=O) groups excluding carboxylic acids is 2. The summed E-state index contributed by atoms with van der Waals surface area (Å²) in [4.78, 5) is 29.2. The summed E-state index contributed by atoms with van der Waals surface area (Å²) < 4.78 is 8.71. The lowest BCUT2D eigenvalue weighted by atomic mass is 9.86. The van der Waals surface area contributed by atoms with Crippen LogP contribution in [-0.2, 0) is 14.0 Å². The Morgan fingerprint density at radius 1 is 1.08 bits per heavy atom. The van der Waals surface area contributed by atoms with E-state index in [4.69, 9.17) is 4.43 Å². The maximum atomic E-state index is 13.8. The number of β-lactam (4-membered cyclic amide) rings is 1. The minimum Gasteiger partial charge on any atom is -0.517 e. The predicted octanol–water partition coefficient (Wildman–Crippen LogP) is 5.46. The van der Waals surface area contributed by atoms with Gasteiger partial charge in [0.25, 0.3) is 8.32 Å². The first-order valence-electron chi connectivity index (χ1n) is 12.5. The SMILES string of the molecule is C=CCN(C1C(=O)N2CC(C=CC)(C(=O)O[Si](CC=C)(CC=C)CC=C)CS[C@H]12)[SiH](CC=C)CC=C. The third-order valence-corrected chi connectivity index (χ3v) is 15.3. The number of hydrogen-bond donors (Lipinski definition) is 0. The fraction of sp³-hybridized carbons (Fsp3) is 0.429. The van der Waals surface area contributed by atoms with E-state index in [2.05, 4.69) is 44.0 Å². The second kappa shape index (κ2) is 14.0. The highest BCUT2D eigenvalue weighted by molar-refractivity contribution is 8.00. The van der Waals surface area contributed by atoms with Crippen LogP contribution in [0.1, 0.15) is 6.92 Å². The average Bonchev–Trinajstić information content (AvgIpc) is 2.84. The molecular formula is C28H42N2O3SSi2. The van der Waals surface area contributed by atoms with Crippen LogP contribution in [0.3, 0.4) is 0 Å². The topological polar surface area (TPSA) is 49.9 Å². The van der Waals surface area contributed by atoms with Gasteiger partial charge in [-0.3, -0.25) is 9.59 Å². The van der Waals surface area contributed by atoms with Crippen LogP contribution in [0.5, 0.6) is 0 Å². The molecule has 0 saturated carbocycles. The van der Waals surface area contributed by atoms with E-state index >= 15 is 0 Å². The Morgan fingerprint density at radius 2 is 1.67 bits per heavy atom. The van der Waals surface area contributed by atoms with Crippen molar-refractivity contribution >= 4 is 40.9 Å². The predicted molar refractivity (Wildman–Crippen MR) is 160 cm³/mol. The van der Waals surface area contributed by atoms with Crippen LogP contribution in [0.4, 0.5) is 0 Å². The highest BCUT2D eigenvalue weighted by Gasteiger charge is 2.59. The van der Waals surface area contributed by atoms with E-state index in [0.29, 0.717) is 37.0 Å². The molecule has 0 aliphatic carbocycles. The van der Waals surface area contributed by atoms with E-state index in [9.17, 15) is 9.59 Å². The van der Waals surface area contributed by atoms with Crippen molar-refractivity contribution in [3.63, 3.8) is 0 Å². The van der Waals surface area contributed by atoms with Crippen LogP contribution in [0, 0.1) is 5.41 Å². The Hall–Kier alpha value is -2.14. The third kappa shape index (κ3) is 6.40. The zero-order valence-electron chi connectivity index (χ0n) is 21.8. The first-order valence-corrected chi connectivity index (χ1v) is 18.3. The van der Waals surface area contributed by atoms with Crippen molar-refractivity contribution in [3.8, 4) is 0 Å². The third-order valence-electron chi connectivity index (χ3n) is 6.87. The summed E-state index contributed by atoms with van der Waals surface area (Å²) in [5.41, 5.74) is -0.874. The van der Waals surface area contributed by atoms with Gasteiger partial charge in [-0.05, 0) is 37.1 Å². The molecule has 0 radical (unpaired) electrons. The van der Waals surface area contributed by atoms with Crippen molar-refractivity contribution in [2.24, 2.45) is 5.41 Å². The van der Waals surface area contributed by atoms with Crippen LogP contribution >= 0.6 is 11.8 Å². The van der Waals surface area contributed by atoms with E-state index in [1.165, 1.54) is 0 Å². The molecular weight excluding hydrogens is 501 g/mol. The van der Waals surface area contributed by atoms with Gasteiger partial charge in [-0.2, -0.15) is 0 Å². The average molecular weight is 543 g/mol. The van der Waals surface area contributed by atoms with Crippen molar-refractivity contribution in [1.82, 2.24) is 9.47 Å². The Bertz CT molecular complexity index is 869. The zero-order valence-corrected chi connectivity index (χ0v) is 24.7. The fourth-order valence-electron chi connectivity index (χ4n) is 5.21. The summed E-state index contributed by atoms with van der Waals surface area (Å²) in [7, 11) is -3.99. The molecule has 2 rings (SSSR count). The highest BCUT2D eigenvalue weighted by atomic mass is 32.2. The number of nitrogens with zero attached hydrogens (tertiary/aromatic N) is 2. The molecule has 0 N–H and O–H groups in total. The first kappa shape index (κ1) is 30.1. The molecule has 196 valence electrons. The van der Waals surface area contributed by atoms with E-state index in [0.717, 1.165) is 12.1 Å². The van der Waals surface area contributed by atoms with E-state index in [-0.39, 0.29) is 23.3 Å². The summed E-state index contributed by atoms with van der Waals surface area (Å²) in [6, 6.07) is 3.52. The lowest BCUT2D eigenvalue weighted by molar-refractivity contribution is -0.156. The van der Waals surface area contributed by atoms with E-state index in [1.54, 1.807) is 11.8 Å². The molecule has 1 amide bonds. The number of allylic oxidation sites excluding steroid dienone is 6. The normalized spacial score (nSPS) is 23.6. The van der Waals surface area contributed by atoms with Gasteiger partial charge in [0.2, 0.25) is 5.91 Å². The monoisotopic (exact) mass is 542 g/mol. The van der Waals surface area contributed by atoms with Gasteiger partial charge in [-0.25, -0.2) is 0 Å². The van der Waals surface area contributed by atoms with Gasteiger partial charge >= 0.3 is 5.97 Å². The van der Waals surface area contributed by atoms with Gasteiger partial charge < -0.3 is 13.9 Å². The first-order chi connectivity index (χ1) is 17.3. The number of rotatable bonds is 17. The minimum absolute atomic E-state index is 0.0183. The van der Waals surface area contributed by atoms with Gasteiger partial charge in [0.15, 0.2) is 0 Å². The fourth-order valence-corrected chi connectivity index (χ4v) is 12.5. The van der Waals surface area contributed by atoms with Crippen molar-refractivity contribution < 1.29 is 14.0 Å². The summed E-state index contributed by atoms with van der Waals surface area (Å²) in [5, 5.41) is 0.0183. The summed E-state index contributed by atoms with van der Waals surface area (Å²) in [5.74, 6) is 0.389. The Labute approximate surface area is 224 Å². The Morgan fingerprint density at radius 3 is 2.14 bits per heavy atom. The van der Waals surface area contributed by atoms with Crippen LogP contribution in [0.25, 0.3) is 0 Å². The van der Waals surface area contributed by atoms with Crippen LogP contribution in [-0.4, -0.2) is 68.9 Å². The zero-order chi connectivity index (χ0) is 26.8. The minimum atomic E-state index is -2.51. The smallest absolute Gasteiger partial charge is 0.305 e. The summed E-state index contributed by atoms with van der Waals surface area (Å²) in [6.45, 7) is 26.4. The molecule has 36 heavy (non-hydrogen) atoms. The number of thioether (sulfide) groups is 1. The van der Waals surface area contributed by atoms with Gasteiger partial charge in [0.05, 0.1) is 0 Å². The molecule has 2 fully saturated rings. The quantitative estimate of drug-likeness (QED) is 0.139. The molecule has 8 heteroatoms. The molecule has 2 aliphatic rings. The molecule has 5 nitrogen and oxygen atoms in total. The molecule has 3 atom stereocenters. The molecule has 2 heterocycles. The van der Waals surface area contributed by atoms with Crippen molar-refractivity contribution in [3.05, 3.63) is 88.1 Å². The Balaban J connectivity index is 2.30. The molecule has 0 aromatic heterocycles. The van der Waals surface area contributed by atoms with Gasteiger partial charge in [0.1, 0.15) is 25.8 Å². The number of carbonyl (C=O) groups is 2. The Kier molecular flexibility index (Phi) is 11.7. The van der Waals surface area contributed by atoms with Gasteiger partial charge in [0, 0.05) is 18.8 Å². The molecule has 0 bridgehead atoms. The number of hydrogen-bond acceptors (Lipinski definition) is 5. The maximum absolute atomic E-state index is 13.8. The molecule has 2 aliphatic heterocycles. The van der Waals surface area contributed by atoms with Crippen LogP contribution < -0.4 is 0 Å². The van der Waals surface area contributed by atoms with Gasteiger partial charge in [-0.1, -0.05) is 48.6 Å². The lowest BCUT2D eigenvalue weighted by Gasteiger charge is -2.57. The molecule has 0 aromatic carbocycles. The van der Waals surface area contributed by atoms with Crippen LogP contribution in [0.15, 0.2) is 88.1 Å². The van der Waals surface area contributed by atoms with Crippen molar-refractivity contribution in [2.45, 2.75) is 48.6 Å². The molecule has 0 spiro atoms. The molecule has 2 unspecified atom stereocenters. The van der Waals surface area contributed by atoms with Crippen molar-refractivity contribution in [2.75, 3.05) is 18.8 Å². The maximum Gasteiger partial charge on any atom is 0.305 e. The second-order valence-corrected chi connectivity index (χ2v) is 17.3. The van der Waals surface area contributed by atoms with Crippen molar-refractivity contribution in [1.29, 1.82) is 0 Å². The molecule has 0 aromatic rings. The highest BCUT2D eigenvalue weighted by Crippen LogP contribution is 2.46. The van der Waals surface area contributed by atoms with Gasteiger partial charge in [-0.15, -0.1) is 51.2 Å². The standard InChI is InChI=1S/C28H42N2O3SSi2/c1-8-15-28(27(32)33-36(19-12-5,20-13-6)21-14-7)22-29-25(31)24(26(29)34-23-28)30(16-9-2)35(17-10-3)18-11-4/h8-15,24,26,35H,2-7,16-23H2,1H3/t24?,26-,28?/m1/s1. The van der Waals surface area contributed by atoms with E-state index in [1.807, 2.05) is 60.4 Å².